The lowest BCUT2D eigenvalue weighted by atomic mass is 10.0. The van der Waals surface area contributed by atoms with Crippen LogP contribution < -0.4 is 10.2 Å². The summed E-state index contributed by atoms with van der Waals surface area (Å²) in [5, 5.41) is 7.19. The number of aryl methyl sites for hydroxylation is 2. The van der Waals surface area contributed by atoms with Gasteiger partial charge in [0.15, 0.2) is 0 Å². The van der Waals surface area contributed by atoms with Crippen molar-refractivity contribution in [2.75, 3.05) is 4.90 Å². The normalized spacial score (nSPS) is 15.0. The number of benzene rings is 1. The minimum absolute atomic E-state index is 0.0591. The van der Waals surface area contributed by atoms with Gasteiger partial charge in [-0.15, -0.1) is 22.7 Å². The Kier molecular flexibility index (Phi) is 6.88. The second-order valence-corrected chi connectivity index (χ2v) is 10.2. The highest BCUT2D eigenvalue weighted by Gasteiger charge is 2.35. The minimum Gasteiger partial charge on any atom is -0.351 e. The van der Waals surface area contributed by atoms with Crippen LogP contribution in [0.15, 0.2) is 53.2 Å². The van der Waals surface area contributed by atoms with Crippen LogP contribution in [0.4, 0.5) is 5.69 Å². The first-order chi connectivity index (χ1) is 15.0. The summed E-state index contributed by atoms with van der Waals surface area (Å²) in [5.74, 6) is -0.147. The highest BCUT2D eigenvalue weighted by Crippen LogP contribution is 2.34. The molecule has 1 saturated carbocycles. The molecule has 0 unspecified atom stereocenters. The Morgan fingerprint density at radius 2 is 1.81 bits per heavy atom. The molecule has 2 amide bonds. The van der Waals surface area contributed by atoms with E-state index in [4.69, 9.17) is 0 Å². The van der Waals surface area contributed by atoms with Crippen LogP contribution in [0.1, 0.15) is 52.6 Å². The van der Waals surface area contributed by atoms with Crippen LogP contribution in [0.5, 0.6) is 0 Å². The Hall–Kier alpha value is -2.44. The lowest BCUT2D eigenvalue weighted by Crippen LogP contribution is -2.46. The molecule has 1 aromatic carbocycles. The lowest BCUT2D eigenvalue weighted by molar-refractivity contribution is -0.126. The third kappa shape index (κ3) is 5.08. The third-order valence-electron chi connectivity index (χ3n) is 5.82. The first-order valence-corrected chi connectivity index (χ1v) is 12.5. The molecule has 1 atom stereocenters. The summed E-state index contributed by atoms with van der Waals surface area (Å²) < 4.78 is 0. The van der Waals surface area contributed by atoms with E-state index in [-0.39, 0.29) is 24.3 Å². The zero-order valence-electron chi connectivity index (χ0n) is 18.0. The van der Waals surface area contributed by atoms with Gasteiger partial charge in [0, 0.05) is 21.5 Å². The second-order valence-electron chi connectivity index (χ2n) is 8.22. The summed E-state index contributed by atoms with van der Waals surface area (Å²) in [7, 11) is 0. The van der Waals surface area contributed by atoms with Gasteiger partial charge in [-0.3, -0.25) is 14.5 Å². The predicted octanol–water partition coefficient (Wildman–Crippen LogP) is 5.80. The molecule has 1 fully saturated rings. The van der Waals surface area contributed by atoms with Gasteiger partial charge in [0.1, 0.15) is 6.04 Å². The SMILES string of the molecule is Cc1ccc(C)c(N(C(=O)Cc2cccs2)[C@H](C(=O)NC2CCCC2)c2cccs2)c1. The second kappa shape index (κ2) is 9.79. The molecule has 3 aromatic rings. The quantitative estimate of drug-likeness (QED) is 0.492. The van der Waals surface area contributed by atoms with E-state index < -0.39 is 6.04 Å². The molecule has 1 aliphatic carbocycles. The number of hydrogen-bond acceptors (Lipinski definition) is 4. The van der Waals surface area contributed by atoms with E-state index in [1.807, 2.05) is 67.1 Å². The van der Waals surface area contributed by atoms with Crippen molar-refractivity contribution in [3.63, 3.8) is 0 Å². The van der Waals surface area contributed by atoms with E-state index in [1.165, 1.54) is 11.3 Å². The van der Waals surface area contributed by atoms with Gasteiger partial charge in [-0.1, -0.05) is 37.1 Å². The van der Waals surface area contributed by atoms with Crippen molar-refractivity contribution in [2.24, 2.45) is 0 Å². The van der Waals surface area contributed by atoms with E-state index in [0.29, 0.717) is 0 Å². The fourth-order valence-electron chi connectivity index (χ4n) is 4.21. The van der Waals surface area contributed by atoms with Crippen LogP contribution >= 0.6 is 22.7 Å². The van der Waals surface area contributed by atoms with Crippen LogP contribution in [0.25, 0.3) is 0 Å². The van der Waals surface area contributed by atoms with Crippen LogP contribution in [-0.2, 0) is 16.0 Å². The van der Waals surface area contributed by atoms with Gasteiger partial charge >= 0.3 is 0 Å². The van der Waals surface area contributed by atoms with Crippen molar-refractivity contribution in [1.82, 2.24) is 5.32 Å². The van der Waals surface area contributed by atoms with Gasteiger partial charge in [0.2, 0.25) is 11.8 Å². The number of hydrogen-bond donors (Lipinski definition) is 1. The molecular weight excluding hydrogens is 424 g/mol. The Labute approximate surface area is 191 Å². The Morgan fingerprint density at radius 1 is 1.06 bits per heavy atom. The molecule has 0 saturated heterocycles. The fourth-order valence-corrected chi connectivity index (χ4v) is 5.72. The first-order valence-electron chi connectivity index (χ1n) is 10.8. The minimum atomic E-state index is -0.673. The number of nitrogens with one attached hydrogen (secondary N) is 1. The van der Waals surface area contributed by atoms with E-state index in [2.05, 4.69) is 5.32 Å². The van der Waals surface area contributed by atoms with Gasteiger partial charge < -0.3 is 5.32 Å². The fraction of sp³-hybridized carbons (Fsp3) is 0.360. The van der Waals surface area contributed by atoms with Crippen molar-refractivity contribution < 1.29 is 9.59 Å². The molecule has 0 spiro atoms. The van der Waals surface area contributed by atoms with Crippen molar-refractivity contribution in [1.29, 1.82) is 0 Å². The molecule has 2 heterocycles. The Bertz CT molecular complexity index is 1020. The number of anilines is 1. The largest absolute Gasteiger partial charge is 0.351 e. The van der Waals surface area contributed by atoms with E-state index in [9.17, 15) is 9.59 Å². The van der Waals surface area contributed by atoms with Gasteiger partial charge in [0.05, 0.1) is 6.42 Å². The van der Waals surface area contributed by atoms with Gasteiger partial charge in [0.25, 0.3) is 0 Å². The van der Waals surface area contributed by atoms with Crippen LogP contribution in [0.3, 0.4) is 0 Å². The Balaban J connectivity index is 1.76. The van der Waals surface area contributed by atoms with Crippen LogP contribution in [0.2, 0.25) is 0 Å². The zero-order chi connectivity index (χ0) is 21.8. The summed E-state index contributed by atoms with van der Waals surface area (Å²) in [6, 6.07) is 13.4. The number of carbonyl (C=O) groups is 2. The summed E-state index contributed by atoms with van der Waals surface area (Å²) in [5.41, 5.74) is 2.86. The molecule has 0 bridgehead atoms. The highest BCUT2D eigenvalue weighted by atomic mass is 32.1. The molecule has 162 valence electrons. The van der Waals surface area contributed by atoms with Crippen LogP contribution in [0, 0.1) is 13.8 Å². The standard InChI is InChI=1S/C25H28N2O2S2/c1-17-11-12-18(2)21(15-17)27(23(28)16-20-9-5-13-30-20)24(22-10-6-14-31-22)25(29)26-19-7-3-4-8-19/h5-6,9-15,19,24H,3-4,7-8,16H2,1-2H3,(H,26,29)/t24-/m0/s1. The summed E-state index contributed by atoms with van der Waals surface area (Å²) in [6.07, 6.45) is 4.59. The highest BCUT2D eigenvalue weighted by molar-refractivity contribution is 7.10. The topological polar surface area (TPSA) is 49.4 Å². The molecule has 0 aliphatic heterocycles. The molecule has 0 radical (unpaired) electrons. The van der Waals surface area contributed by atoms with Gasteiger partial charge in [-0.05, 0) is 66.8 Å². The number of thiophene rings is 2. The molecule has 4 nitrogen and oxygen atoms in total. The van der Waals surface area contributed by atoms with E-state index in [1.54, 1.807) is 16.2 Å². The van der Waals surface area contributed by atoms with E-state index in [0.717, 1.165) is 52.3 Å². The first kappa shape index (κ1) is 21.8. The number of nitrogens with zero attached hydrogens (tertiary/aromatic N) is 1. The smallest absolute Gasteiger partial charge is 0.248 e. The van der Waals surface area contributed by atoms with Crippen LogP contribution in [-0.4, -0.2) is 17.9 Å². The van der Waals surface area contributed by atoms with E-state index >= 15 is 0 Å². The third-order valence-corrected chi connectivity index (χ3v) is 7.62. The average molecular weight is 453 g/mol. The van der Waals surface area contributed by atoms with Crippen molar-refractivity contribution in [3.8, 4) is 0 Å². The molecule has 1 aliphatic rings. The maximum absolute atomic E-state index is 13.7. The van der Waals surface area contributed by atoms with Crippen molar-refractivity contribution >= 4 is 40.2 Å². The number of amides is 2. The van der Waals surface area contributed by atoms with Gasteiger partial charge in [-0.2, -0.15) is 0 Å². The monoisotopic (exact) mass is 452 g/mol. The molecule has 6 heteroatoms. The average Bonchev–Trinajstić information content (AvgIpc) is 3.51. The maximum atomic E-state index is 13.7. The van der Waals surface area contributed by atoms with Crippen molar-refractivity contribution in [2.45, 2.75) is 58.0 Å². The van der Waals surface area contributed by atoms with Crippen molar-refractivity contribution in [3.05, 3.63) is 74.1 Å². The molecule has 31 heavy (non-hydrogen) atoms. The molecule has 1 N–H and O–H groups in total. The maximum Gasteiger partial charge on any atom is 0.248 e. The lowest BCUT2D eigenvalue weighted by Gasteiger charge is -2.32. The molecular formula is C25H28N2O2S2. The van der Waals surface area contributed by atoms with Gasteiger partial charge in [-0.25, -0.2) is 0 Å². The molecule has 2 aromatic heterocycles. The summed E-state index contributed by atoms with van der Waals surface area (Å²) >= 11 is 3.09. The Morgan fingerprint density at radius 3 is 2.48 bits per heavy atom. The summed E-state index contributed by atoms with van der Waals surface area (Å²) in [4.78, 5) is 31.0. The number of carbonyl (C=O) groups excluding carboxylic acids is 2. The molecule has 4 rings (SSSR count). The zero-order valence-corrected chi connectivity index (χ0v) is 19.6. The predicted molar refractivity (Wildman–Crippen MR) is 129 cm³/mol. The summed E-state index contributed by atoms with van der Waals surface area (Å²) in [6.45, 7) is 4.02. The number of rotatable bonds is 7.